The predicted molar refractivity (Wildman–Crippen MR) is 96.5 cm³/mol. The lowest BCUT2D eigenvalue weighted by atomic mass is 9.84. The summed E-state index contributed by atoms with van der Waals surface area (Å²) in [5.41, 5.74) is 12.0. The molecule has 2 aliphatic rings. The molecule has 0 aromatic rings. The molecule has 2 fully saturated rings. The van der Waals surface area contributed by atoms with Crippen LogP contribution in [0.2, 0.25) is 0 Å². The first-order valence-corrected chi connectivity index (χ1v) is 9.20. The fraction of sp³-hybridized carbons (Fsp3) is 0.882. The minimum atomic E-state index is -1.47. The number of rotatable bonds is 6. The molecule has 0 aromatic carbocycles. The van der Waals surface area contributed by atoms with Gasteiger partial charge in [-0.3, -0.25) is 0 Å². The molecule has 2 rings (SSSR count). The standard InChI is InChI=1S/C17H33N3O7/c1-6(2)5-20-9-4-8(18)16(13(24)11(9)22)27-17-10(19)12(23)14(25)15(26-17)7(3)21/h6,8-17,20-25H,3-5,18-19H2,1-2H3/t8?,9?,10-,11+,12?,13+,14-,15?,16+,17+/m0/s1. The fourth-order valence-corrected chi connectivity index (χ4v) is 3.46. The van der Waals surface area contributed by atoms with E-state index in [0.717, 1.165) is 0 Å². The van der Waals surface area contributed by atoms with Gasteiger partial charge in [0.25, 0.3) is 0 Å². The van der Waals surface area contributed by atoms with Gasteiger partial charge in [0.1, 0.15) is 36.3 Å². The summed E-state index contributed by atoms with van der Waals surface area (Å²) in [6, 6.07) is -2.18. The van der Waals surface area contributed by atoms with Crippen molar-refractivity contribution in [2.24, 2.45) is 17.4 Å². The third-order valence-electron chi connectivity index (χ3n) is 5.10. The number of nitrogens with one attached hydrogen (secondary N) is 1. The molecule has 1 saturated carbocycles. The number of hydrogen-bond acceptors (Lipinski definition) is 10. The van der Waals surface area contributed by atoms with Gasteiger partial charge in [-0.25, -0.2) is 0 Å². The van der Waals surface area contributed by atoms with Gasteiger partial charge < -0.3 is 51.8 Å². The summed E-state index contributed by atoms with van der Waals surface area (Å²) in [6.07, 6.45) is -8.58. The van der Waals surface area contributed by atoms with Crippen molar-refractivity contribution in [1.29, 1.82) is 0 Å². The van der Waals surface area contributed by atoms with Crippen LogP contribution in [0.5, 0.6) is 0 Å². The zero-order valence-corrected chi connectivity index (χ0v) is 15.7. The van der Waals surface area contributed by atoms with Crippen molar-refractivity contribution >= 4 is 0 Å². The maximum atomic E-state index is 10.5. The van der Waals surface area contributed by atoms with Crippen LogP contribution in [0.1, 0.15) is 20.3 Å². The molecule has 0 bridgehead atoms. The summed E-state index contributed by atoms with van der Waals surface area (Å²) in [5.74, 6) is -0.127. The van der Waals surface area contributed by atoms with E-state index < -0.39 is 66.8 Å². The zero-order chi connectivity index (χ0) is 20.5. The summed E-state index contributed by atoms with van der Waals surface area (Å²) in [5, 5.41) is 53.6. The third kappa shape index (κ3) is 4.97. The van der Waals surface area contributed by atoms with Gasteiger partial charge >= 0.3 is 0 Å². The Morgan fingerprint density at radius 3 is 2.33 bits per heavy atom. The maximum absolute atomic E-state index is 10.5. The lowest BCUT2D eigenvalue weighted by Gasteiger charge is -2.46. The van der Waals surface area contributed by atoms with Crippen LogP contribution in [-0.2, 0) is 9.47 Å². The second kappa shape index (κ2) is 9.12. The molecule has 4 unspecified atom stereocenters. The van der Waals surface area contributed by atoms with Crippen molar-refractivity contribution < 1.29 is 35.0 Å². The van der Waals surface area contributed by atoms with E-state index in [1.807, 2.05) is 13.8 Å². The van der Waals surface area contributed by atoms with E-state index in [9.17, 15) is 25.5 Å². The smallest absolute Gasteiger partial charge is 0.176 e. The van der Waals surface area contributed by atoms with Crippen molar-refractivity contribution in [3.05, 3.63) is 12.3 Å². The minimum absolute atomic E-state index is 0.346. The lowest BCUT2D eigenvalue weighted by molar-refractivity contribution is -0.287. The molecule has 0 radical (unpaired) electrons. The second-order valence-corrected chi connectivity index (χ2v) is 7.86. The van der Waals surface area contributed by atoms with E-state index in [4.69, 9.17) is 20.9 Å². The Morgan fingerprint density at radius 2 is 1.78 bits per heavy atom. The van der Waals surface area contributed by atoms with Crippen LogP contribution in [0.4, 0.5) is 0 Å². The molecule has 27 heavy (non-hydrogen) atoms. The molecular weight excluding hydrogens is 358 g/mol. The summed E-state index contributed by atoms with van der Waals surface area (Å²) < 4.78 is 11.1. The molecule has 0 spiro atoms. The van der Waals surface area contributed by atoms with E-state index in [0.29, 0.717) is 18.9 Å². The Kier molecular flexibility index (Phi) is 7.59. The van der Waals surface area contributed by atoms with Crippen molar-refractivity contribution in [3.63, 3.8) is 0 Å². The van der Waals surface area contributed by atoms with E-state index in [-0.39, 0.29) is 0 Å². The van der Waals surface area contributed by atoms with E-state index in [1.54, 1.807) is 0 Å². The van der Waals surface area contributed by atoms with E-state index >= 15 is 0 Å². The van der Waals surface area contributed by atoms with Gasteiger partial charge in [0.05, 0.1) is 12.1 Å². The lowest BCUT2D eigenvalue weighted by Crippen LogP contribution is -2.67. The number of ether oxygens (including phenoxy) is 2. The van der Waals surface area contributed by atoms with Crippen LogP contribution in [0.25, 0.3) is 0 Å². The normalized spacial score (nSPS) is 45.8. The monoisotopic (exact) mass is 391 g/mol. The zero-order valence-electron chi connectivity index (χ0n) is 15.7. The molecule has 158 valence electrons. The van der Waals surface area contributed by atoms with E-state index in [1.165, 1.54) is 0 Å². The highest BCUT2D eigenvalue weighted by Crippen LogP contribution is 2.29. The van der Waals surface area contributed by atoms with Crippen molar-refractivity contribution in [2.45, 2.75) is 81.3 Å². The van der Waals surface area contributed by atoms with Crippen LogP contribution in [0.15, 0.2) is 12.3 Å². The number of hydrogen-bond donors (Lipinski definition) is 8. The summed E-state index contributed by atoms with van der Waals surface area (Å²) in [7, 11) is 0. The maximum Gasteiger partial charge on any atom is 0.176 e. The van der Waals surface area contributed by atoms with E-state index in [2.05, 4.69) is 11.9 Å². The Balaban J connectivity index is 2.06. The molecule has 0 amide bonds. The number of aliphatic hydroxyl groups is 5. The highest BCUT2D eigenvalue weighted by atomic mass is 16.7. The van der Waals surface area contributed by atoms with Crippen molar-refractivity contribution in [3.8, 4) is 0 Å². The van der Waals surface area contributed by atoms with Crippen molar-refractivity contribution in [2.75, 3.05) is 6.54 Å². The number of aliphatic hydroxyl groups excluding tert-OH is 5. The van der Waals surface area contributed by atoms with Crippen molar-refractivity contribution in [1.82, 2.24) is 5.32 Å². The highest BCUT2D eigenvalue weighted by molar-refractivity contribution is 5.04. The molecule has 10 nitrogen and oxygen atoms in total. The largest absolute Gasteiger partial charge is 0.510 e. The molecule has 10 heteroatoms. The Hall–Kier alpha value is -0.820. The third-order valence-corrected chi connectivity index (χ3v) is 5.10. The Labute approximate surface area is 158 Å². The van der Waals surface area contributed by atoms with Gasteiger partial charge in [-0.05, 0) is 18.9 Å². The second-order valence-electron chi connectivity index (χ2n) is 7.86. The molecule has 1 aliphatic carbocycles. The van der Waals surface area contributed by atoms with Gasteiger partial charge in [0, 0.05) is 12.1 Å². The predicted octanol–water partition coefficient (Wildman–Crippen LogP) is -2.72. The molecular formula is C17H33N3O7. The molecule has 0 aromatic heterocycles. The van der Waals surface area contributed by atoms with Crippen LogP contribution < -0.4 is 16.8 Å². The van der Waals surface area contributed by atoms with Gasteiger partial charge in [-0.2, -0.15) is 0 Å². The average molecular weight is 391 g/mol. The Morgan fingerprint density at radius 1 is 1.15 bits per heavy atom. The Bertz CT molecular complexity index is 509. The van der Waals surface area contributed by atoms with Gasteiger partial charge in [-0.1, -0.05) is 20.4 Å². The van der Waals surface area contributed by atoms with Crippen LogP contribution in [0, 0.1) is 5.92 Å². The van der Waals surface area contributed by atoms with Crippen LogP contribution >= 0.6 is 0 Å². The highest BCUT2D eigenvalue weighted by Gasteiger charge is 2.49. The molecule has 1 heterocycles. The molecule has 1 saturated heterocycles. The first-order chi connectivity index (χ1) is 12.5. The number of nitrogens with two attached hydrogens (primary N) is 2. The van der Waals surface area contributed by atoms with Gasteiger partial charge in [-0.15, -0.1) is 0 Å². The topological polar surface area (TPSA) is 184 Å². The SMILES string of the molecule is C=C(O)C1O[C@H](O[C@@H]2C(N)CC(NCC(C)C)[C@@H](O)[C@H]2O)[C@@H](N)C(O)[C@@H]1O. The quantitative estimate of drug-likeness (QED) is 0.221. The fourth-order valence-electron chi connectivity index (χ4n) is 3.46. The first-order valence-electron chi connectivity index (χ1n) is 9.20. The van der Waals surface area contributed by atoms with Crippen LogP contribution in [0.3, 0.4) is 0 Å². The molecule has 10 atom stereocenters. The summed E-state index contributed by atoms with van der Waals surface area (Å²) in [6.45, 7) is 8.01. The molecule has 1 aliphatic heterocycles. The van der Waals surface area contributed by atoms with Gasteiger partial charge in [0.2, 0.25) is 0 Å². The average Bonchev–Trinajstić information content (AvgIpc) is 2.59. The van der Waals surface area contributed by atoms with Crippen LogP contribution in [-0.4, -0.2) is 93.1 Å². The summed E-state index contributed by atoms with van der Waals surface area (Å²) >= 11 is 0. The minimum Gasteiger partial charge on any atom is -0.510 e. The summed E-state index contributed by atoms with van der Waals surface area (Å²) in [4.78, 5) is 0. The molecule has 10 N–H and O–H groups in total. The first kappa shape index (κ1) is 22.5. The van der Waals surface area contributed by atoms with Gasteiger partial charge in [0.15, 0.2) is 6.29 Å².